The highest BCUT2D eigenvalue weighted by molar-refractivity contribution is 5.88. The van der Waals surface area contributed by atoms with Gasteiger partial charge in [-0.2, -0.15) is 0 Å². The molecule has 0 radical (unpaired) electrons. The van der Waals surface area contributed by atoms with E-state index in [2.05, 4.69) is 15.6 Å². The Bertz CT molecular complexity index is 1950. The van der Waals surface area contributed by atoms with Crippen molar-refractivity contribution < 1.29 is 38.3 Å². The third-order valence-electron chi connectivity index (χ3n) is 8.74. The van der Waals surface area contributed by atoms with Crippen LogP contribution in [0.3, 0.4) is 0 Å². The molecule has 0 aliphatic rings. The fourth-order valence-electron chi connectivity index (χ4n) is 5.92. The minimum atomic E-state index is -0.270. The SMILES string of the molecule is COc1ccc(-c2noc(CC(=O)CCCNC(=O)Cc3onc(-c4ccc(CO)cc4)c3-c3ccc(OC)cc3)c2-c2ccc(CO)cc2)cc1. The van der Waals surface area contributed by atoms with Crippen LogP contribution in [0.5, 0.6) is 11.5 Å². The van der Waals surface area contributed by atoms with Gasteiger partial charge in [0.25, 0.3) is 0 Å². The lowest BCUT2D eigenvalue weighted by Crippen LogP contribution is -2.26. The largest absolute Gasteiger partial charge is 0.497 e. The number of methoxy groups -OCH3 is 2. The van der Waals surface area contributed by atoms with Gasteiger partial charge < -0.3 is 34.0 Å². The van der Waals surface area contributed by atoms with Crippen LogP contribution in [-0.2, 0) is 35.6 Å². The lowest BCUT2D eigenvalue weighted by Gasteiger charge is -2.08. The molecule has 4 aromatic carbocycles. The van der Waals surface area contributed by atoms with Crippen molar-refractivity contribution in [1.82, 2.24) is 15.6 Å². The van der Waals surface area contributed by atoms with Gasteiger partial charge in [0.1, 0.15) is 28.7 Å². The van der Waals surface area contributed by atoms with Crippen LogP contribution in [0.15, 0.2) is 106 Å². The van der Waals surface area contributed by atoms with Crippen LogP contribution in [0, 0.1) is 0 Å². The Balaban J connectivity index is 1.10. The Hall–Kier alpha value is -6.04. The number of nitrogens with one attached hydrogen (secondary N) is 1. The molecule has 11 heteroatoms. The van der Waals surface area contributed by atoms with Gasteiger partial charge in [-0.1, -0.05) is 71.0 Å². The fraction of sp³-hybridized carbons (Fsp3) is 0.220. The van der Waals surface area contributed by atoms with Gasteiger partial charge in [-0.3, -0.25) is 9.59 Å². The Kier molecular flexibility index (Phi) is 11.5. The van der Waals surface area contributed by atoms with E-state index in [-0.39, 0.29) is 50.7 Å². The topological polar surface area (TPSA) is 157 Å². The molecule has 0 fully saturated rings. The number of hydrogen-bond donors (Lipinski definition) is 3. The standard InChI is InChI=1S/C41H39N3O8/c1-49-33-17-13-29(14-18-33)39-36(52-44-40(39)30-11-7-27(25-46)8-12-30)23-37(48)42-21-3-4-32(47)22-35-38(28-9-5-26(24-45)6-10-28)41(43-51-35)31-15-19-34(50-2)20-16-31/h5-20,45-46H,3-4,21-25H2,1-2H3,(H,42,48). The number of carbonyl (C=O) groups is 2. The summed E-state index contributed by atoms with van der Waals surface area (Å²) in [5.74, 6) is 1.91. The summed E-state index contributed by atoms with van der Waals surface area (Å²) < 4.78 is 22.1. The zero-order chi connectivity index (χ0) is 36.5. The van der Waals surface area contributed by atoms with Gasteiger partial charge in [-0.25, -0.2) is 0 Å². The molecule has 2 heterocycles. The zero-order valence-corrected chi connectivity index (χ0v) is 28.9. The molecule has 0 bridgehead atoms. The number of nitrogens with zero attached hydrogens (tertiary/aromatic N) is 2. The fourth-order valence-corrected chi connectivity index (χ4v) is 5.92. The summed E-state index contributed by atoms with van der Waals surface area (Å²) in [5.41, 5.74) is 7.31. The van der Waals surface area contributed by atoms with Crippen LogP contribution in [0.1, 0.15) is 35.5 Å². The first-order chi connectivity index (χ1) is 25.4. The number of rotatable bonds is 16. The lowest BCUT2D eigenvalue weighted by atomic mass is 9.96. The quantitative estimate of drug-likeness (QED) is 0.0942. The van der Waals surface area contributed by atoms with Gasteiger partial charge in [-0.15, -0.1) is 0 Å². The molecular formula is C41H39N3O8. The number of hydrogen-bond acceptors (Lipinski definition) is 10. The summed E-state index contributed by atoms with van der Waals surface area (Å²) in [6.07, 6.45) is 0.616. The van der Waals surface area contributed by atoms with E-state index in [0.717, 1.165) is 33.4 Å². The van der Waals surface area contributed by atoms with Crippen molar-refractivity contribution >= 4 is 11.7 Å². The van der Waals surface area contributed by atoms with Gasteiger partial charge in [0.15, 0.2) is 11.5 Å². The van der Waals surface area contributed by atoms with Gasteiger partial charge >= 0.3 is 0 Å². The summed E-state index contributed by atoms with van der Waals surface area (Å²) in [4.78, 5) is 26.3. The van der Waals surface area contributed by atoms with Gasteiger partial charge in [-0.05, 0) is 65.1 Å². The van der Waals surface area contributed by atoms with Crippen LogP contribution >= 0.6 is 0 Å². The molecule has 6 rings (SSSR count). The molecule has 266 valence electrons. The van der Waals surface area contributed by atoms with Crippen molar-refractivity contribution in [3.05, 3.63) is 120 Å². The molecule has 52 heavy (non-hydrogen) atoms. The molecule has 0 spiro atoms. The van der Waals surface area contributed by atoms with Gasteiger partial charge in [0, 0.05) is 24.1 Å². The number of carbonyl (C=O) groups excluding carboxylic acids is 2. The summed E-state index contributed by atoms with van der Waals surface area (Å²) in [5, 5.41) is 30.5. The molecule has 0 aliphatic heterocycles. The highest BCUT2D eigenvalue weighted by atomic mass is 16.5. The molecule has 1 amide bonds. The number of amides is 1. The second-order valence-electron chi connectivity index (χ2n) is 12.2. The molecule has 0 saturated carbocycles. The third kappa shape index (κ3) is 8.28. The predicted octanol–water partition coefficient (Wildman–Crippen LogP) is 6.58. The number of benzene rings is 4. The Morgan fingerprint density at radius 2 is 1.04 bits per heavy atom. The van der Waals surface area contributed by atoms with Crippen molar-refractivity contribution in [3.8, 4) is 56.3 Å². The van der Waals surface area contributed by atoms with E-state index >= 15 is 0 Å². The zero-order valence-electron chi connectivity index (χ0n) is 28.9. The van der Waals surface area contributed by atoms with E-state index in [1.54, 1.807) is 14.2 Å². The normalized spacial score (nSPS) is 11.0. The second-order valence-corrected chi connectivity index (χ2v) is 12.2. The summed E-state index contributed by atoms with van der Waals surface area (Å²) in [6, 6.07) is 29.6. The first kappa shape index (κ1) is 35.8. The molecule has 0 unspecified atom stereocenters. The summed E-state index contributed by atoms with van der Waals surface area (Å²) in [7, 11) is 3.19. The predicted molar refractivity (Wildman–Crippen MR) is 194 cm³/mol. The lowest BCUT2D eigenvalue weighted by molar-refractivity contribution is -0.121. The number of ketones is 1. The van der Waals surface area contributed by atoms with Crippen molar-refractivity contribution in [2.45, 2.75) is 38.9 Å². The Morgan fingerprint density at radius 3 is 1.50 bits per heavy atom. The minimum absolute atomic E-state index is 0.0273. The van der Waals surface area contributed by atoms with Crippen LogP contribution in [-0.4, -0.2) is 53.0 Å². The first-order valence-corrected chi connectivity index (χ1v) is 16.8. The maximum atomic E-state index is 13.2. The molecule has 0 atom stereocenters. The van der Waals surface area contributed by atoms with Crippen molar-refractivity contribution in [3.63, 3.8) is 0 Å². The van der Waals surface area contributed by atoms with E-state index in [0.29, 0.717) is 52.0 Å². The van der Waals surface area contributed by atoms with Gasteiger partial charge in [0.2, 0.25) is 5.91 Å². The van der Waals surface area contributed by atoms with E-state index in [1.165, 1.54) is 0 Å². The number of aliphatic hydroxyl groups is 2. The molecule has 6 aromatic rings. The average molecular weight is 702 g/mol. The molecule has 3 N–H and O–H groups in total. The van der Waals surface area contributed by atoms with Crippen LogP contribution in [0.2, 0.25) is 0 Å². The van der Waals surface area contributed by atoms with Crippen molar-refractivity contribution in [1.29, 1.82) is 0 Å². The minimum Gasteiger partial charge on any atom is -0.497 e. The monoisotopic (exact) mass is 701 g/mol. The van der Waals surface area contributed by atoms with Crippen molar-refractivity contribution in [2.24, 2.45) is 0 Å². The summed E-state index contributed by atoms with van der Waals surface area (Å²) in [6.45, 7) is 0.129. The maximum absolute atomic E-state index is 13.2. The third-order valence-corrected chi connectivity index (χ3v) is 8.74. The maximum Gasteiger partial charge on any atom is 0.227 e. The van der Waals surface area contributed by atoms with E-state index in [9.17, 15) is 19.8 Å². The first-order valence-electron chi connectivity index (χ1n) is 16.8. The highest BCUT2D eigenvalue weighted by Gasteiger charge is 2.23. The highest BCUT2D eigenvalue weighted by Crippen LogP contribution is 2.37. The van der Waals surface area contributed by atoms with Crippen molar-refractivity contribution in [2.75, 3.05) is 20.8 Å². The van der Waals surface area contributed by atoms with Crippen LogP contribution < -0.4 is 14.8 Å². The number of aliphatic hydroxyl groups excluding tert-OH is 2. The average Bonchev–Trinajstić information content (AvgIpc) is 3.80. The van der Waals surface area contributed by atoms with Crippen LogP contribution in [0.25, 0.3) is 44.8 Å². The molecule has 0 saturated heterocycles. The number of Topliss-reactive ketones (excluding diaryl/α,β-unsaturated/α-hetero) is 1. The molecule has 2 aromatic heterocycles. The van der Waals surface area contributed by atoms with Gasteiger partial charge in [0.05, 0.1) is 51.4 Å². The second kappa shape index (κ2) is 16.8. The Labute approximate surface area is 300 Å². The molecule has 0 aliphatic carbocycles. The van der Waals surface area contributed by atoms with Crippen LogP contribution in [0.4, 0.5) is 0 Å². The summed E-state index contributed by atoms with van der Waals surface area (Å²) >= 11 is 0. The van der Waals surface area contributed by atoms with E-state index in [1.807, 2.05) is 97.1 Å². The molecule has 11 nitrogen and oxygen atoms in total. The van der Waals surface area contributed by atoms with E-state index in [4.69, 9.17) is 18.5 Å². The molecular weight excluding hydrogens is 662 g/mol. The number of aromatic nitrogens is 2. The number of ether oxygens (including phenoxy) is 2. The smallest absolute Gasteiger partial charge is 0.227 e. The Morgan fingerprint density at radius 1 is 0.615 bits per heavy atom. The van der Waals surface area contributed by atoms with E-state index < -0.39 is 0 Å².